The number of carbonyl (C=O) groups is 2. The lowest BCUT2D eigenvalue weighted by Gasteiger charge is -2.31. The Kier molecular flexibility index (Phi) is 12.3. The van der Waals surface area contributed by atoms with Gasteiger partial charge in [0.25, 0.3) is 11.8 Å². The first-order valence-corrected chi connectivity index (χ1v) is 19.6. The minimum Gasteiger partial charge on any atom is -0.392 e. The number of fused-ring (bicyclic) bond motifs is 2. The lowest BCUT2D eigenvalue weighted by Crippen LogP contribution is -2.41. The molecular weight excluding hydrogens is 787 g/mol. The molecule has 4 heterocycles. The van der Waals surface area contributed by atoms with Crippen LogP contribution in [0.4, 0.5) is 11.4 Å². The van der Waals surface area contributed by atoms with Crippen molar-refractivity contribution in [2.24, 2.45) is 0 Å². The van der Waals surface area contributed by atoms with E-state index in [0.717, 1.165) is 33.5 Å². The predicted octanol–water partition coefficient (Wildman–Crippen LogP) is 9.58. The van der Waals surface area contributed by atoms with Gasteiger partial charge in [0, 0.05) is 54.5 Å². The normalized spacial score (nSPS) is 15.8. The average Bonchev–Trinajstić information content (AvgIpc) is 3.90. The lowest BCUT2D eigenvalue weighted by molar-refractivity contribution is 0.0645. The standard InChI is InChI=1S/C23H21ClN4O2.C22H19ClN4O2/c1-15-12-27(13-16-4-7-19(25-2)8-5-16)23(29)22-11-21(26-28(15)22)20-9-6-18(24)10-17(20)14-30-3;1-14-11-26(12-15-3-6-18(24-2)7-4-15)22(29)21-10-20(25-27(14)21)19-8-5-17(23)9-16(19)13-28/h4-11,15H,12-14H2,1,3H3;3-10,14,28H,11-13H2,1H3/t15-;14-/m00/s1. The van der Waals surface area contributed by atoms with Gasteiger partial charge in [-0.3, -0.25) is 19.0 Å². The zero-order valence-corrected chi connectivity index (χ0v) is 34.2. The highest BCUT2D eigenvalue weighted by Crippen LogP contribution is 2.33. The van der Waals surface area contributed by atoms with Gasteiger partial charge in [-0.05, 0) is 72.5 Å². The number of aliphatic hydroxyl groups excluding tert-OH is 1. The molecule has 4 aromatic carbocycles. The summed E-state index contributed by atoms with van der Waals surface area (Å²) in [6.45, 7) is 20.5. The van der Waals surface area contributed by atoms with Gasteiger partial charge in [-0.25, -0.2) is 9.69 Å². The number of ether oxygens (including phenoxy) is 1. The summed E-state index contributed by atoms with van der Waals surface area (Å²) in [5, 5.41) is 20.2. The van der Waals surface area contributed by atoms with Crippen LogP contribution in [0.5, 0.6) is 0 Å². The molecule has 12 nitrogen and oxygen atoms in total. The number of hydrogen-bond donors (Lipinski definition) is 1. The number of carbonyl (C=O) groups excluding carboxylic acids is 2. The molecule has 6 aromatic rings. The third kappa shape index (κ3) is 8.77. The van der Waals surface area contributed by atoms with E-state index < -0.39 is 0 Å². The maximum absolute atomic E-state index is 13.2. The second-order valence-corrected chi connectivity index (χ2v) is 15.4. The minimum absolute atomic E-state index is 0.0174. The highest BCUT2D eigenvalue weighted by Gasteiger charge is 2.33. The topological polar surface area (TPSA) is 114 Å². The highest BCUT2D eigenvalue weighted by molar-refractivity contribution is 6.31. The third-order valence-electron chi connectivity index (χ3n) is 10.3. The van der Waals surface area contributed by atoms with E-state index in [9.17, 15) is 14.7 Å². The molecule has 0 saturated heterocycles. The number of benzene rings is 4. The molecule has 2 aromatic heterocycles. The van der Waals surface area contributed by atoms with Gasteiger partial charge in [0.2, 0.25) is 0 Å². The summed E-state index contributed by atoms with van der Waals surface area (Å²) in [6.07, 6.45) is 0. The maximum Gasteiger partial charge on any atom is 0.272 e. The van der Waals surface area contributed by atoms with Crippen molar-refractivity contribution in [3.63, 3.8) is 0 Å². The van der Waals surface area contributed by atoms with Crippen molar-refractivity contribution in [1.29, 1.82) is 0 Å². The van der Waals surface area contributed by atoms with Crippen LogP contribution in [0.3, 0.4) is 0 Å². The van der Waals surface area contributed by atoms with Gasteiger partial charge >= 0.3 is 0 Å². The number of aromatic nitrogens is 4. The average molecular weight is 828 g/mol. The van der Waals surface area contributed by atoms with E-state index in [1.807, 2.05) is 66.4 Å². The number of hydrogen-bond acceptors (Lipinski definition) is 6. The molecule has 2 aliphatic rings. The van der Waals surface area contributed by atoms with Crippen molar-refractivity contribution >= 4 is 46.4 Å². The van der Waals surface area contributed by atoms with Gasteiger partial charge in [0.15, 0.2) is 11.4 Å². The van der Waals surface area contributed by atoms with Crippen LogP contribution in [-0.2, 0) is 31.0 Å². The monoisotopic (exact) mass is 826 g/mol. The Hall–Kier alpha value is -6.28. The van der Waals surface area contributed by atoms with Gasteiger partial charge in [0.05, 0.1) is 49.8 Å². The summed E-state index contributed by atoms with van der Waals surface area (Å²) in [7, 11) is 1.64. The van der Waals surface area contributed by atoms with E-state index in [2.05, 4.69) is 21.7 Å². The molecule has 0 aliphatic carbocycles. The third-order valence-corrected chi connectivity index (χ3v) is 10.8. The fourth-order valence-corrected chi connectivity index (χ4v) is 7.81. The SMILES string of the molecule is [C-]#[N+]c1ccc(CN2C[C@H](C)n3nc(-c4ccc(Cl)cc4CO)cc3C2=O)cc1.[C-]#[N+]c1ccc(CN2C[C@H](C)n3nc(-c4ccc(Cl)cc4COC)cc3C2=O)cc1. The number of methoxy groups -OCH3 is 1. The van der Waals surface area contributed by atoms with Crippen LogP contribution in [0.1, 0.15) is 69.2 Å². The summed E-state index contributed by atoms with van der Waals surface area (Å²) in [6, 6.07) is 29.2. The van der Waals surface area contributed by atoms with E-state index in [4.69, 9.17) is 46.2 Å². The number of nitrogens with zero attached hydrogens (tertiary/aromatic N) is 8. The highest BCUT2D eigenvalue weighted by atomic mass is 35.5. The largest absolute Gasteiger partial charge is 0.392 e. The van der Waals surface area contributed by atoms with Gasteiger partial charge in [-0.1, -0.05) is 83.9 Å². The van der Waals surface area contributed by atoms with Gasteiger partial charge < -0.3 is 19.6 Å². The van der Waals surface area contributed by atoms with Gasteiger partial charge in [0.1, 0.15) is 11.4 Å². The second-order valence-electron chi connectivity index (χ2n) is 14.5. The summed E-state index contributed by atoms with van der Waals surface area (Å²) >= 11 is 12.2. The number of halogens is 2. The molecule has 0 spiro atoms. The first-order chi connectivity index (χ1) is 28.5. The van der Waals surface area contributed by atoms with Crippen molar-refractivity contribution < 1.29 is 19.4 Å². The molecule has 59 heavy (non-hydrogen) atoms. The summed E-state index contributed by atoms with van der Waals surface area (Å²) in [5.41, 5.74) is 8.89. The summed E-state index contributed by atoms with van der Waals surface area (Å²) < 4.78 is 8.87. The fourth-order valence-electron chi connectivity index (χ4n) is 7.42. The zero-order chi connectivity index (χ0) is 41.8. The molecule has 2 amide bonds. The minimum atomic E-state index is -0.158. The van der Waals surface area contributed by atoms with Crippen molar-refractivity contribution in [2.45, 2.75) is 52.2 Å². The van der Waals surface area contributed by atoms with Crippen LogP contribution in [0.2, 0.25) is 10.0 Å². The smallest absolute Gasteiger partial charge is 0.272 e. The van der Waals surface area contributed by atoms with Gasteiger partial charge in [-0.15, -0.1) is 0 Å². The Morgan fingerprint density at radius 2 is 1.10 bits per heavy atom. The van der Waals surface area contributed by atoms with Crippen LogP contribution in [0.15, 0.2) is 97.1 Å². The van der Waals surface area contributed by atoms with Crippen LogP contribution >= 0.6 is 23.2 Å². The number of aliphatic hydroxyl groups is 1. The van der Waals surface area contributed by atoms with Gasteiger partial charge in [-0.2, -0.15) is 10.2 Å². The van der Waals surface area contributed by atoms with E-state index in [0.29, 0.717) is 76.9 Å². The molecular formula is C45H40Cl2N8O4. The molecule has 0 bridgehead atoms. The molecule has 298 valence electrons. The molecule has 2 aliphatic heterocycles. The summed E-state index contributed by atoms with van der Waals surface area (Å²) in [5.74, 6) is -0.140. The van der Waals surface area contributed by atoms with Crippen molar-refractivity contribution in [3.8, 4) is 22.5 Å². The number of rotatable bonds is 9. The van der Waals surface area contributed by atoms with Crippen molar-refractivity contribution in [2.75, 3.05) is 20.2 Å². The first kappa shape index (κ1) is 40.9. The van der Waals surface area contributed by atoms with E-state index in [1.165, 1.54) is 0 Å². The summed E-state index contributed by atoms with van der Waals surface area (Å²) in [4.78, 5) is 36.7. The number of amides is 2. The molecule has 8 rings (SSSR count). The Morgan fingerprint density at radius 3 is 1.51 bits per heavy atom. The fraction of sp³-hybridized carbons (Fsp3) is 0.244. The van der Waals surface area contributed by atoms with Crippen molar-refractivity contribution in [3.05, 3.63) is 164 Å². The Balaban J connectivity index is 0.000000179. The van der Waals surface area contributed by atoms with Crippen LogP contribution < -0.4 is 0 Å². The van der Waals surface area contributed by atoms with E-state index >= 15 is 0 Å². The zero-order valence-electron chi connectivity index (χ0n) is 32.6. The molecule has 0 fully saturated rings. The molecule has 2 atom stereocenters. The first-order valence-electron chi connectivity index (χ1n) is 18.9. The van der Waals surface area contributed by atoms with Crippen molar-refractivity contribution in [1.82, 2.24) is 29.4 Å². The Bertz CT molecular complexity index is 2610. The Labute approximate surface area is 352 Å². The molecule has 0 unspecified atom stereocenters. The lowest BCUT2D eigenvalue weighted by atomic mass is 10.0. The molecule has 1 N–H and O–H groups in total. The van der Waals surface area contributed by atoms with E-state index in [-0.39, 0.29) is 30.5 Å². The molecule has 0 saturated carbocycles. The van der Waals surface area contributed by atoms with Crippen LogP contribution in [-0.4, -0.2) is 66.5 Å². The Morgan fingerprint density at radius 1 is 0.678 bits per heavy atom. The van der Waals surface area contributed by atoms with E-state index in [1.54, 1.807) is 63.8 Å². The predicted molar refractivity (Wildman–Crippen MR) is 226 cm³/mol. The van der Waals surface area contributed by atoms with Crippen LogP contribution in [0, 0.1) is 13.1 Å². The molecule has 14 heteroatoms. The second kappa shape index (κ2) is 17.7. The maximum atomic E-state index is 13.2. The molecule has 0 radical (unpaired) electrons. The quantitative estimate of drug-likeness (QED) is 0.145. The van der Waals surface area contributed by atoms with Crippen LogP contribution in [0.25, 0.3) is 32.2 Å².